The van der Waals surface area contributed by atoms with Crippen LogP contribution in [0, 0.1) is 12.8 Å². The van der Waals surface area contributed by atoms with E-state index >= 15 is 0 Å². The molecule has 5 nitrogen and oxygen atoms in total. The normalized spacial score (nSPS) is 12.5. The standard InChI is InChI=1S/C17H24N2O3/c1-4-7-13(11-20)10-14(21)16-12(3)18-17-15(22-5-2)8-6-9-19(16)17/h6,8-9,13,20H,4-5,7,10-11H2,1-3H3/t13-/m0/s1. The van der Waals surface area contributed by atoms with Gasteiger partial charge in [-0.2, -0.15) is 0 Å². The lowest BCUT2D eigenvalue weighted by Gasteiger charge is -2.12. The Morgan fingerprint density at radius 3 is 2.86 bits per heavy atom. The van der Waals surface area contributed by atoms with Crippen molar-refractivity contribution >= 4 is 11.4 Å². The number of pyridine rings is 1. The van der Waals surface area contributed by atoms with Crippen LogP contribution < -0.4 is 4.74 Å². The topological polar surface area (TPSA) is 63.8 Å². The van der Waals surface area contributed by atoms with Gasteiger partial charge < -0.3 is 9.84 Å². The summed E-state index contributed by atoms with van der Waals surface area (Å²) in [6.07, 6.45) is 3.98. The quantitative estimate of drug-likeness (QED) is 0.761. The van der Waals surface area contributed by atoms with Gasteiger partial charge in [0.1, 0.15) is 5.69 Å². The number of nitrogens with zero attached hydrogens (tertiary/aromatic N) is 2. The molecule has 0 aliphatic heterocycles. The molecule has 0 saturated heterocycles. The third-order valence-electron chi connectivity index (χ3n) is 3.78. The Bertz CT molecular complexity index is 649. The molecule has 0 bridgehead atoms. The van der Waals surface area contributed by atoms with Gasteiger partial charge in [0, 0.05) is 19.2 Å². The number of aliphatic hydroxyl groups excluding tert-OH is 1. The van der Waals surface area contributed by atoms with E-state index in [1.165, 1.54) is 0 Å². The fraction of sp³-hybridized carbons (Fsp3) is 0.529. The Morgan fingerprint density at radius 2 is 2.23 bits per heavy atom. The van der Waals surface area contributed by atoms with Gasteiger partial charge in [-0.25, -0.2) is 4.98 Å². The van der Waals surface area contributed by atoms with Crippen molar-refractivity contribution in [1.29, 1.82) is 0 Å². The number of carbonyl (C=O) groups excluding carboxylic acids is 1. The molecule has 0 unspecified atom stereocenters. The summed E-state index contributed by atoms with van der Waals surface area (Å²) in [6, 6.07) is 3.71. The Labute approximate surface area is 130 Å². The molecule has 0 aromatic carbocycles. The molecule has 0 saturated carbocycles. The number of aliphatic hydroxyl groups is 1. The number of carbonyl (C=O) groups is 1. The lowest BCUT2D eigenvalue weighted by molar-refractivity contribution is 0.0924. The van der Waals surface area contributed by atoms with Gasteiger partial charge in [-0.15, -0.1) is 0 Å². The zero-order valence-corrected chi connectivity index (χ0v) is 13.5. The molecule has 5 heteroatoms. The van der Waals surface area contributed by atoms with Gasteiger partial charge in [0.05, 0.1) is 12.3 Å². The van der Waals surface area contributed by atoms with Gasteiger partial charge in [-0.1, -0.05) is 13.3 Å². The Kier molecular flexibility index (Phi) is 5.55. The maximum Gasteiger partial charge on any atom is 0.181 e. The minimum absolute atomic E-state index is 0.0116. The number of aromatic nitrogens is 2. The van der Waals surface area contributed by atoms with Crippen molar-refractivity contribution in [2.45, 2.75) is 40.0 Å². The van der Waals surface area contributed by atoms with Crippen molar-refractivity contribution in [2.24, 2.45) is 5.92 Å². The number of Topliss-reactive ketones (excluding diaryl/α,β-unsaturated/α-hetero) is 1. The monoisotopic (exact) mass is 304 g/mol. The highest BCUT2D eigenvalue weighted by Crippen LogP contribution is 2.24. The van der Waals surface area contributed by atoms with E-state index in [4.69, 9.17) is 4.74 Å². The minimum Gasteiger partial charge on any atom is -0.490 e. The maximum absolute atomic E-state index is 12.6. The third kappa shape index (κ3) is 3.30. The minimum atomic E-state index is 0.0116. The van der Waals surface area contributed by atoms with Crippen molar-refractivity contribution in [2.75, 3.05) is 13.2 Å². The molecule has 0 spiro atoms. The molecule has 1 N–H and O–H groups in total. The number of hydrogen-bond acceptors (Lipinski definition) is 4. The van der Waals surface area contributed by atoms with Crippen LogP contribution in [0.3, 0.4) is 0 Å². The number of imidazole rings is 1. The van der Waals surface area contributed by atoms with Crippen LogP contribution in [0.2, 0.25) is 0 Å². The van der Waals surface area contributed by atoms with Crippen molar-refractivity contribution in [3.63, 3.8) is 0 Å². The first-order valence-electron chi connectivity index (χ1n) is 7.86. The molecule has 0 aliphatic rings. The van der Waals surface area contributed by atoms with Crippen LogP contribution in [0.5, 0.6) is 5.75 Å². The molecule has 1 atom stereocenters. The third-order valence-corrected chi connectivity index (χ3v) is 3.78. The van der Waals surface area contributed by atoms with E-state index in [1.807, 2.05) is 32.2 Å². The first-order valence-corrected chi connectivity index (χ1v) is 7.86. The second-order valence-electron chi connectivity index (χ2n) is 5.51. The highest BCUT2D eigenvalue weighted by molar-refractivity contribution is 5.96. The second-order valence-corrected chi connectivity index (χ2v) is 5.51. The van der Waals surface area contributed by atoms with Crippen molar-refractivity contribution in [1.82, 2.24) is 9.38 Å². The molecule has 0 radical (unpaired) electrons. The van der Waals surface area contributed by atoms with E-state index in [0.29, 0.717) is 35.8 Å². The first kappa shape index (κ1) is 16.5. The highest BCUT2D eigenvalue weighted by Gasteiger charge is 2.21. The molecule has 2 aromatic rings. The lowest BCUT2D eigenvalue weighted by atomic mass is 9.96. The molecule has 22 heavy (non-hydrogen) atoms. The zero-order chi connectivity index (χ0) is 16.1. The fourth-order valence-electron chi connectivity index (χ4n) is 2.79. The van der Waals surface area contributed by atoms with Crippen LogP contribution >= 0.6 is 0 Å². The van der Waals surface area contributed by atoms with Crippen LogP contribution in [0.25, 0.3) is 5.65 Å². The van der Waals surface area contributed by atoms with Crippen molar-refractivity contribution in [3.05, 3.63) is 29.7 Å². The van der Waals surface area contributed by atoms with E-state index in [2.05, 4.69) is 11.9 Å². The summed E-state index contributed by atoms with van der Waals surface area (Å²) in [7, 11) is 0. The predicted octanol–water partition coefficient (Wildman–Crippen LogP) is 3.02. The number of ether oxygens (including phenoxy) is 1. The van der Waals surface area contributed by atoms with Crippen LogP contribution in [-0.2, 0) is 0 Å². The highest BCUT2D eigenvalue weighted by atomic mass is 16.5. The smallest absolute Gasteiger partial charge is 0.181 e. The average molecular weight is 304 g/mol. The summed E-state index contributed by atoms with van der Waals surface area (Å²) in [4.78, 5) is 17.1. The molecule has 0 amide bonds. The summed E-state index contributed by atoms with van der Waals surface area (Å²) in [5.41, 5.74) is 1.96. The molecule has 0 aliphatic carbocycles. The van der Waals surface area contributed by atoms with E-state index < -0.39 is 0 Å². The first-order chi connectivity index (χ1) is 10.6. The summed E-state index contributed by atoms with van der Waals surface area (Å²) < 4.78 is 7.37. The summed E-state index contributed by atoms with van der Waals surface area (Å²) >= 11 is 0. The summed E-state index contributed by atoms with van der Waals surface area (Å²) in [5.74, 6) is 0.711. The maximum atomic E-state index is 12.6. The van der Waals surface area contributed by atoms with Gasteiger partial charge in [0.15, 0.2) is 17.2 Å². The van der Waals surface area contributed by atoms with Gasteiger partial charge in [-0.3, -0.25) is 9.20 Å². The number of hydrogen-bond donors (Lipinski definition) is 1. The van der Waals surface area contributed by atoms with Crippen LogP contribution in [0.1, 0.15) is 49.3 Å². The summed E-state index contributed by atoms with van der Waals surface area (Å²) in [5, 5.41) is 9.41. The average Bonchev–Trinajstić information content (AvgIpc) is 2.84. The van der Waals surface area contributed by atoms with Crippen LogP contribution in [0.15, 0.2) is 18.3 Å². The molecular formula is C17H24N2O3. The number of rotatable bonds is 8. The predicted molar refractivity (Wildman–Crippen MR) is 85.5 cm³/mol. The number of ketones is 1. The van der Waals surface area contributed by atoms with Crippen LogP contribution in [-0.4, -0.2) is 33.5 Å². The molecule has 120 valence electrons. The van der Waals surface area contributed by atoms with Gasteiger partial charge in [0.2, 0.25) is 0 Å². The fourth-order valence-corrected chi connectivity index (χ4v) is 2.79. The molecule has 0 fully saturated rings. The van der Waals surface area contributed by atoms with Crippen LogP contribution in [0.4, 0.5) is 0 Å². The Hall–Kier alpha value is -1.88. The Balaban J connectivity index is 2.36. The Morgan fingerprint density at radius 1 is 1.45 bits per heavy atom. The number of fused-ring (bicyclic) bond motifs is 1. The molecular weight excluding hydrogens is 280 g/mol. The SMILES string of the molecule is CCC[C@H](CO)CC(=O)c1c(C)nc2c(OCC)cccn12. The lowest BCUT2D eigenvalue weighted by Crippen LogP contribution is -2.14. The number of aryl methyl sites for hydroxylation is 1. The van der Waals surface area contributed by atoms with Crippen molar-refractivity contribution in [3.8, 4) is 5.75 Å². The van der Waals surface area contributed by atoms with Gasteiger partial charge in [0.25, 0.3) is 0 Å². The zero-order valence-electron chi connectivity index (χ0n) is 13.5. The van der Waals surface area contributed by atoms with Gasteiger partial charge >= 0.3 is 0 Å². The van der Waals surface area contributed by atoms with E-state index in [9.17, 15) is 9.90 Å². The molecule has 2 aromatic heterocycles. The van der Waals surface area contributed by atoms with E-state index in [1.54, 1.807) is 4.40 Å². The molecule has 2 rings (SSSR count). The second kappa shape index (κ2) is 7.40. The van der Waals surface area contributed by atoms with E-state index in [0.717, 1.165) is 12.8 Å². The van der Waals surface area contributed by atoms with Crippen molar-refractivity contribution < 1.29 is 14.6 Å². The van der Waals surface area contributed by atoms with E-state index in [-0.39, 0.29) is 18.3 Å². The summed E-state index contributed by atoms with van der Waals surface area (Å²) in [6.45, 7) is 6.41. The molecule has 2 heterocycles. The van der Waals surface area contributed by atoms with Gasteiger partial charge in [-0.05, 0) is 38.3 Å². The largest absolute Gasteiger partial charge is 0.490 e.